The molecule has 7 heteroatoms. The summed E-state index contributed by atoms with van der Waals surface area (Å²) in [6, 6.07) is 16.7. The third-order valence-corrected chi connectivity index (χ3v) is 4.11. The zero-order valence-corrected chi connectivity index (χ0v) is 16.1. The molecule has 0 fully saturated rings. The Kier molecular flexibility index (Phi) is 6.89. The van der Waals surface area contributed by atoms with Gasteiger partial charge in [-0.25, -0.2) is 14.8 Å². The largest absolute Gasteiger partial charge is 0.462 e. The number of carbonyl (C=O) groups is 2. The second kappa shape index (κ2) is 9.98. The van der Waals surface area contributed by atoms with Gasteiger partial charge in [0.1, 0.15) is 0 Å². The molecule has 3 aromatic rings. The van der Waals surface area contributed by atoms with Gasteiger partial charge >= 0.3 is 5.97 Å². The average Bonchev–Trinajstić information content (AvgIpc) is 2.75. The summed E-state index contributed by atoms with van der Waals surface area (Å²) < 4.78 is 4.95. The van der Waals surface area contributed by atoms with Gasteiger partial charge in [0.05, 0.1) is 17.7 Å². The summed E-state index contributed by atoms with van der Waals surface area (Å²) >= 11 is 0. The number of hydrogen-bond donors (Lipinski definition) is 2. The SMILES string of the molecule is CCOC(=O)c1ccc(Nc2ncc(C(=O)NCCc3ccccc3)cn2)cc1. The standard InChI is InChI=1S/C22H22N4O3/c1-2-29-21(28)17-8-10-19(11-9-17)26-22-24-14-18(15-25-22)20(27)23-13-12-16-6-4-3-5-7-16/h3-11,14-15H,2,12-13H2,1H3,(H,23,27)(H,24,25,26). The van der Waals surface area contributed by atoms with Crippen LogP contribution in [-0.2, 0) is 11.2 Å². The molecule has 0 saturated heterocycles. The van der Waals surface area contributed by atoms with E-state index in [4.69, 9.17) is 4.74 Å². The summed E-state index contributed by atoms with van der Waals surface area (Å²) in [4.78, 5) is 32.2. The number of rotatable bonds is 8. The Bertz CT molecular complexity index is 942. The van der Waals surface area contributed by atoms with Crippen LogP contribution in [0, 0.1) is 0 Å². The molecule has 29 heavy (non-hydrogen) atoms. The molecule has 0 aliphatic carbocycles. The lowest BCUT2D eigenvalue weighted by Gasteiger charge is -2.07. The highest BCUT2D eigenvalue weighted by molar-refractivity contribution is 5.93. The first-order valence-corrected chi connectivity index (χ1v) is 9.34. The first-order chi connectivity index (χ1) is 14.2. The number of benzene rings is 2. The van der Waals surface area contributed by atoms with Gasteiger partial charge in [-0.05, 0) is 43.2 Å². The van der Waals surface area contributed by atoms with Crippen molar-refractivity contribution in [2.75, 3.05) is 18.5 Å². The van der Waals surface area contributed by atoms with Crippen LogP contribution in [0.15, 0.2) is 67.0 Å². The van der Waals surface area contributed by atoms with Crippen LogP contribution in [-0.4, -0.2) is 35.0 Å². The third kappa shape index (κ3) is 5.87. The van der Waals surface area contributed by atoms with E-state index in [1.807, 2.05) is 30.3 Å². The van der Waals surface area contributed by atoms with Crippen LogP contribution in [0.1, 0.15) is 33.2 Å². The molecule has 0 aliphatic rings. The lowest BCUT2D eigenvalue weighted by molar-refractivity contribution is 0.0526. The zero-order chi connectivity index (χ0) is 20.5. The molecule has 0 radical (unpaired) electrons. The molecule has 1 aromatic heterocycles. The maximum absolute atomic E-state index is 12.2. The molecule has 0 saturated carbocycles. The van der Waals surface area contributed by atoms with Crippen LogP contribution in [0.3, 0.4) is 0 Å². The van der Waals surface area contributed by atoms with Gasteiger partial charge in [-0.15, -0.1) is 0 Å². The van der Waals surface area contributed by atoms with Gasteiger partial charge < -0.3 is 15.4 Å². The van der Waals surface area contributed by atoms with E-state index in [1.54, 1.807) is 31.2 Å². The first kappa shape index (κ1) is 20.0. The van der Waals surface area contributed by atoms with Crippen LogP contribution in [0.4, 0.5) is 11.6 Å². The van der Waals surface area contributed by atoms with E-state index in [0.29, 0.717) is 30.2 Å². The number of ether oxygens (including phenoxy) is 1. The number of hydrogen-bond acceptors (Lipinski definition) is 6. The fourth-order valence-corrected chi connectivity index (χ4v) is 2.61. The highest BCUT2D eigenvalue weighted by Crippen LogP contribution is 2.14. The Balaban J connectivity index is 1.51. The van der Waals surface area contributed by atoms with Crippen LogP contribution in [0.5, 0.6) is 0 Å². The van der Waals surface area contributed by atoms with Gasteiger partial charge in [-0.1, -0.05) is 30.3 Å². The molecule has 148 valence electrons. The second-order valence-corrected chi connectivity index (χ2v) is 6.21. The van der Waals surface area contributed by atoms with E-state index in [1.165, 1.54) is 12.4 Å². The topological polar surface area (TPSA) is 93.2 Å². The number of aromatic nitrogens is 2. The minimum Gasteiger partial charge on any atom is -0.462 e. The minimum atomic E-state index is -0.363. The molecule has 7 nitrogen and oxygen atoms in total. The molecule has 0 aliphatic heterocycles. The van der Waals surface area contributed by atoms with E-state index < -0.39 is 0 Å². The maximum Gasteiger partial charge on any atom is 0.338 e. The van der Waals surface area contributed by atoms with Crippen molar-refractivity contribution in [2.45, 2.75) is 13.3 Å². The molecular formula is C22H22N4O3. The number of carbonyl (C=O) groups excluding carboxylic acids is 2. The molecule has 0 unspecified atom stereocenters. The highest BCUT2D eigenvalue weighted by Gasteiger charge is 2.08. The van der Waals surface area contributed by atoms with Crippen LogP contribution >= 0.6 is 0 Å². The molecule has 2 aromatic carbocycles. The summed E-state index contributed by atoms with van der Waals surface area (Å²) in [6.45, 7) is 2.63. The molecule has 0 bridgehead atoms. The van der Waals surface area contributed by atoms with Crippen molar-refractivity contribution >= 4 is 23.5 Å². The Morgan fingerprint density at radius 1 is 0.931 bits per heavy atom. The number of nitrogens with zero attached hydrogens (tertiary/aromatic N) is 2. The predicted octanol–water partition coefficient (Wildman–Crippen LogP) is 3.37. The van der Waals surface area contributed by atoms with Crippen molar-refractivity contribution in [3.63, 3.8) is 0 Å². The van der Waals surface area contributed by atoms with Crippen molar-refractivity contribution in [3.8, 4) is 0 Å². The van der Waals surface area contributed by atoms with Gasteiger partial charge in [0.15, 0.2) is 0 Å². The molecule has 1 amide bonds. The molecular weight excluding hydrogens is 368 g/mol. The third-order valence-electron chi connectivity index (χ3n) is 4.11. The summed E-state index contributed by atoms with van der Waals surface area (Å²) in [5.41, 5.74) is 2.75. The molecule has 1 heterocycles. The zero-order valence-electron chi connectivity index (χ0n) is 16.1. The van der Waals surface area contributed by atoms with E-state index >= 15 is 0 Å². The number of anilines is 2. The summed E-state index contributed by atoms with van der Waals surface area (Å²) in [5, 5.41) is 5.89. The smallest absolute Gasteiger partial charge is 0.338 e. The molecule has 0 spiro atoms. The van der Waals surface area contributed by atoms with Gasteiger partial charge in [0.2, 0.25) is 5.95 Å². The number of esters is 1. The first-order valence-electron chi connectivity index (χ1n) is 9.34. The summed E-state index contributed by atoms with van der Waals surface area (Å²) in [6.07, 6.45) is 3.70. The normalized spacial score (nSPS) is 10.2. The molecule has 3 rings (SSSR count). The number of nitrogens with one attached hydrogen (secondary N) is 2. The fraction of sp³-hybridized carbons (Fsp3) is 0.182. The van der Waals surface area contributed by atoms with E-state index in [2.05, 4.69) is 20.6 Å². The van der Waals surface area contributed by atoms with Gasteiger partial charge in [0.25, 0.3) is 5.91 Å². The Morgan fingerprint density at radius 3 is 2.28 bits per heavy atom. The second-order valence-electron chi connectivity index (χ2n) is 6.21. The van der Waals surface area contributed by atoms with Crippen molar-refractivity contribution in [1.82, 2.24) is 15.3 Å². The van der Waals surface area contributed by atoms with Crippen molar-refractivity contribution in [3.05, 3.63) is 83.7 Å². The molecule has 0 atom stereocenters. The Labute approximate surface area is 169 Å². The van der Waals surface area contributed by atoms with Crippen LogP contribution in [0.25, 0.3) is 0 Å². The van der Waals surface area contributed by atoms with Gasteiger partial charge in [-0.3, -0.25) is 4.79 Å². The number of amides is 1. The van der Waals surface area contributed by atoms with Gasteiger partial charge in [-0.2, -0.15) is 0 Å². The fourth-order valence-electron chi connectivity index (χ4n) is 2.61. The Hall–Kier alpha value is -3.74. The Morgan fingerprint density at radius 2 is 1.62 bits per heavy atom. The summed E-state index contributed by atoms with van der Waals surface area (Å²) in [5.74, 6) is -0.223. The van der Waals surface area contributed by atoms with Gasteiger partial charge in [0, 0.05) is 24.6 Å². The maximum atomic E-state index is 12.2. The van der Waals surface area contributed by atoms with Crippen molar-refractivity contribution in [2.24, 2.45) is 0 Å². The quantitative estimate of drug-likeness (QED) is 0.573. The van der Waals surface area contributed by atoms with Crippen LogP contribution < -0.4 is 10.6 Å². The van der Waals surface area contributed by atoms with Crippen molar-refractivity contribution in [1.29, 1.82) is 0 Å². The predicted molar refractivity (Wildman–Crippen MR) is 110 cm³/mol. The summed E-state index contributed by atoms with van der Waals surface area (Å²) in [7, 11) is 0. The lowest BCUT2D eigenvalue weighted by Crippen LogP contribution is -2.26. The van der Waals surface area contributed by atoms with E-state index in [0.717, 1.165) is 17.7 Å². The van der Waals surface area contributed by atoms with E-state index in [9.17, 15) is 9.59 Å². The minimum absolute atomic E-state index is 0.216. The monoisotopic (exact) mass is 390 g/mol. The highest BCUT2D eigenvalue weighted by atomic mass is 16.5. The molecule has 2 N–H and O–H groups in total. The van der Waals surface area contributed by atoms with Crippen LogP contribution in [0.2, 0.25) is 0 Å². The van der Waals surface area contributed by atoms with Crippen molar-refractivity contribution < 1.29 is 14.3 Å². The lowest BCUT2D eigenvalue weighted by atomic mass is 10.1. The van der Waals surface area contributed by atoms with E-state index in [-0.39, 0.29) is 11.9 Å². The average molecular weight is 390 g/mol.